The molecule has 0 spiro atoms. The van der Waals surface area contributed by atoms with E-state index in [1.165, 1.54) is 12.1 Å². The van der Waals surface area contributed by atoms with Crippen LogP contribution in [0, 0.1) is 5.82 Å². The first kappa shape index (κ1) is 15.7. The molecule has 1 saturated heterocycles. The first-order chi connectivity index (χ1) is 11.2. The minimum absolute atomic E-state index is 0.217. The Balaban J connectivity index is 1.47. The summed E-state index contributed by atoms with van der Waals surface area (Å²) < 4.78 is 12.9. The Labute approximate surface area is 140 Å². The SMILES string of the molecule is Fc1ccc(CNC(=S)N2CCN(c3cccc[nH+]3)CC2)cc1. The van der Waals surface area contributed by atoms with Crippen molar-refractivity contribution in [3.05, 3.63) is 60.0 Å². The monoisotopic (exact) mass is 331 g/mol. The smallest absolute Gasteiger partial charge is 0.274 e. The molecule has 0 amide bonds. The number of thiocarbonyl (C=S) groups is 1. The number of anilines is 1. The van der Waals surface area contributed by atoms with Gasteiger partial charge in [-0.2, -0.15) is 0 Å². The molecule has 120 valence electrons. The number of nitrogens with zero attached hydrogens (tertiary/aromatic N) is 2. The number of benzene rings is 1. The van der Waals surface area contributed by atoms with Gasteiger partial charge in [0, 0.05) is 12.6 Å². The van der Waals surface area contributed by atoms with Gasteiger partial charge in [0.15, 0.2) is 5.11 Å². The Morgan fingerprint density at radius 2 is 1.83 bits per heavy atom. The number of hydrogen-bond acceptors (Lipinski definition) is 2. The van der Waals surface area contributed by atoms with Crippen LogP contribution in [0.3, 0.4) is 0 Å². The fourth-order valence-electron chi connectivity index (χ4n) is 2.62. The molecule has 1 aliphatic heterocycles. The molecule has 0 unspecified atom stereocenters. The first-order valence-electron chi connectivity index (χ1n) is 7.71. The lowest BCUT2D eigenvalue weighted by Crippen LogP contribution is -2.52. The van der Waals surface area contributed by atoms with Crippen molar-refractivity contribution in [3.8, 4) is 0 Å². The highest BCUT2D eigenvalue weighted by Crippen LogP contribution is 2.10. The summed E-state index contributed by atoms with van der Waals surface area (Å²) in [4.78, 5) is 7.76. The molecular weight excluding hydrogens is 311 g/mol. The second-order valence-electron chi connectivity index (χ2n) is 5.51. The van der Waals surface area contributed by atoms with Crippen LogP contribution in [0.4, 0.5) is 10.2 Å². The minimum Gasteiger partial charge on any atom is -0.358 e. The zero-order valence-corrected chi connectivity index (χ0v) is 13.7. The van der Waals surface area contributed by atoms with Gasteiger partial charge in [0.25, 0.3) is 5.82 Å². The third kappa shape index (κ3) is 4.16. The van der Waals surface area contributed by atoms with Crippen LogP contribution in [0.25, 0.3) is 0 Å². The molecule has 0 saturated carbocycles. The van der Waals surface area contributed by atoms with Gasteiger partial charge in [-0.3, -0.25) is 4.90 Å². The number of piperazine rings is 1. The number of aromatic nitrogens is 1. The van der Waals surface area contributed by atoms with E-state index in [1.807, 2.05) is 18.3 Å². The summed E-state index contributed by atoms with van der Waals surface area (Å²) in [6.07, 6.45) is 1.94. The lowest BCUT2D eigenvalue weighted by atomic mass is 10.2. The van der Waals surface area contributed by atoms with Crippen molar-refractivity contribution in [2.24, 2.45) is 0 Å². The zero-order chi connectivity index (χ0) is 16.1. The molecule has 0 atom stereocenters. The van der Waals surface area contributed by atoms with E-state index in [0.29, 0.717) is 6.54 Å². The van der Waals surface area contributed by atoms with Crippen LogP contribution >= 0.6 is 12.2 Å². The standard InChI is InChI=1S/C17H19FN4S/c18-15-6-4-14(5-7-15)13-20-17(23)22-11-9-21(10-12-22)16-3-1-2-8-19-16/h1-8H,9-13H2,(H,20,23)/p+1. The lowest BCUT2D eigenvalue weighted by molar-refractivity contribution is -0.364. The summed E-state index contributed by atoms with van der Waals surface area (Å²) in [5.74, 6) is 0.919. The molecule has 3 rings (SSSR count). The van der Waals surface area contributed by atoms with Crippen LogP contribution in [0.15, 0.2) is 48.7 Å². The van der Waals surface area contributed by atoms with Gasteiger partial charge >= 0.3 is 0 Å². The highest BCUT2D eigenvalue weighted by Gasteiger charge is 2.24. The average molecular weight is 331 g/mol. The van der Waals surface area contributed by atoms with Gasteiger partial charge in [0.1, 0.15) is 18.9 Å². The average Bonchev–Trinajstić information content (AvgIpc) is 2.62. The second kappa shape index (κ2) is 7.37. The van der Waals surface area contributed by atoms with Gasteiger partial charge in [-0.15, -0.1) is 0 Å². The van der Waals surface area contributed by atoms with Crippen molar-refractivity contribution in [1.82, 2.24) is 10.2 Å². The summed E-state index contributed by atoms with van der Waals surface area (Å²) >= 11 is 5.47. The Morgan fingerprint density at radius 3 is 2.48 bits per heavy atom. The summed E-state index contributed by atoms with van der Waals surface area (Å²) in [7, 11) is 0. The molecule has 2 N–H and O–H groups in total. The van der Waals surface area contributed by atoms with Crippen molar-refractivity contribution in [1.29, 1.82) is 0 Å². The van der Waals surface area contributed by atoms with Gasteiger partial charge in [-0.25, -0.2) is 9.37 Å². The summed E-state index contributed by atoms with van der Waals surface area (Å²) in [5.41, 5.74) is 1.02. The van der Waals surface area contributed by atoms with Crippen LogP contribution < -0.4 is 15.2 Å². The van der Waals surface area contributed by atoms with Gasteiger partial charge in [-0.1, -0.05) is 18.2 Å². The van der Waals surface area contributed by atoms with E-state index >= 15 is 0 Å². The van der Waals surface area contributed by atoms with Gasteiger partial charge in [-0.05, 0) is 36.0 Å². The number of pyridine rings is 1. The molecule has 1 fully saturated rings. The number of hydrogen-bond donors (Lipinski definition) is 1. The fraction of sp³-hybridized carbons (Fsp3) is 0.294. The largest absolute Gasteiger partial charge is 0.358 e. The highest BCUT2D eigenvalue weighted by molar-refractivity contribution is 7.80. The normalized spacial score (nSPS) is 14.7. The van der Waals surface area contributed by atoms with Crippen LogP contribution in [0.1, 0.15) is 5.56 Å². The van der Waals surface area contributed by atoms with Crippen LogP contribution in [0.2, 0.25) is 0 Å². The predicted octanol–water partition coefficient (Wildman–Crippen LogP) is 1.84. The molecule has 4 nitrogen and oxygen atoms in total. The van der Waals surface area contributed by atoms with Crippen molar-refractivity contribution in [2.75, 3.05) is 31.1 Å². The van der Waals surface area contributed by atoms with E-state index in [9.17, 15) is 4.39 Å². The minimum atomic E-state index is -0.217. The number of aromatic amines is 1. The van der Waals surface area contributed by atoms with E-state index < -0.39 is 0 Å². The van der Waals surface area contributed by atoms with Gasteiger partial charge in [0.2, 0.25) is 0 Å². The molecule has 1 aromatic heterocycles. The second-order valence-corrected chi connectivity index (χ2v) is 5.89. The van der Waals surface area contributed by atoms with Crippen LogP contribution in [-0.4, -0.2) is 36.2 Å². The van der Waals surface area contributed by atoms with Crippen molar-refractivity contribution in [2.45, 2.75) is 6.54 Å². The molecule has 0 radical (unpaired) electrons. The fourth-order valence-corrected chi connectivity index (χ4v) is 2.88. The number of rotatable bonds is 3. The van der Waals surface area contributed by atoms with E-state index in [4.69, 9.17) is 12.2 Å². The van der Waals surface area contributed by atoms with Gasteiger partial charge < -0.3 is 10.2 Å². The molecule has 0 bridgehead atoms. The van der Waals surface area contributed by atoms with Crippen LogP contribution in [0.5, 0.6) is 0 Å². The molecule has 2 aromatic rings. The Hall–Kier alpha value is -2.21. The number of nitrogens with one attached hydrogen (secondary N) is 2. The van der Waals surface area contributed by atoms with E-state index in [0.717, 1.165) is 42.7 Å². The van der Waals surface area contributed by atoms with Crippen molar-refractivity contribution in [3.63, 3.8) is 0 Å². The maximum atomic E-state index is 12.9. The molecular formula is C17H20FN4S+. The maximum Gasteiger partial charge on any atom is 0.274 e. The predicted molar refractivity (Wildman–Crippen MR) is 92.6 cm³/mol. The van der Waals surface area contributed by atoms with E-state index in [-0.39, 0.29) is 5.82 Å². The van der Waals surface area contributed by atoms with E-state index in [2.05, 4.69) is 26.2 Å². The van der Waals surface area contributed by atoms with Crippen molar-refractivity contribution >= 4 is 23.1 Å². The third-order valence-electron chi connectivity index (χ3n) is 3.96. The summed E-state index contributed by atoms with van der Waals surface area (Å²) in [6, 6.07) is 12.6. The Bertz CT molecular complexity index is 639. The topological polar surface area (TPSA) is 32.6 Å². The number of halogens is 1. The number of H-pyrrole nitrogens is 1. The first-order valence-corrected chi connectivity index (χ1v) is 8.12. The molecule has 1 aliphatic rings. The summed E-state index contributed by atoms with van der Waals surface area (Å²) in [6.45, 7) is 4.25. The van der Waals surface area contributed by atoms with Crippen molar-refractivity contribution < 1.29 is 9.37 Å². The van der Waals surface area contributed by atoms with Gasteiger partial charge in [0.05, 0.1) is 19.3 Å². The Kier molecular flexibility index (Phi) is 5.02. The molecule has 2 heterocycles. The molecule has 1 aromatic carbocycles. The molecule has 0 aliphatic carbocycles. The zero-order valence-electron chi connectivity index (χ0n) is 12.8. The quantitative estimate of drug-likeness (QED) is 0.870. The summed E-state index contributed by atoms with van der Waals surface area (Å²) in [5, 5.41) is 4.01. The third-order valence-corrected chi connectivity index (χ3v) is 4.36. The molecule has 23 heavy (non-hydrogen) atoms. The molecule has 6 heteroatoms. The highest BCUT2D eigenvalue weighted by atomic mass is 32.1. The van der Waals surface area contributed by atoms with E-state index in [1.54, 1.807) is 12.1 Å². The van der Waals surface area contributed by atoms with Crippen LogP contribution in [-0.2, 0) is 6.54 Å². The lowest BCUT2D eigenvalue weighted by Gasteiger charge is -2.32. The maximum absolute atomic E-state index is 12.9. The Morgan fingerprint density at radius 1 is 1.09 bits per heavy atom.